The van der Waals surface area contributed by atoms with E-state index in [9.17, 15) is 9.18 Å². The van der Waals surface area contributed by atoms with Gasteiger partial charge in [-0.1, -0.05) is 12.1 Å². The van der Waals surface area contributed by atoms with Crippen molar-refractivity contribution in [2.75, 3.05) is 4.90 Å². The second kappa shape index (κ2) is 5.49. The summed E-state index contributed by atoms with van der Waals surface area (Å²) >= 11 is 0. The van der Waals surface area contributed by atoms with Gasteiger partial charge in [-0.3, -0.25) is 10.00 Å². The van der Waals surface area contributed by atoms with Gasteiger partial charge in [0, 0.05) is 11.1 Å². The summed E-state index contributed by atoms with van der Waals surface area (Å²) in [6, 6.07) is 11.3. The normalized spacial score (nSPS) is 17.8. The average molecular weight is 322 g/mol. The average Bonchev–Trinajstić information content (AvgIpc) is 3.02. The maximum Gasteiger partial charge on any atom is 0.326 e. The summed E-state index contributed by atoms with van der Waals surface area (Å²) in [6.45, 7) is 1.88. The van der Waals surface area contributed by atoms with Gasteiger partial charge in [0.15, 0.2) is 0 Å². The van der Waals surface area contributed by atoms with E-state index in [1.807, 2.05) is 31.2 Å². The van der Waals surface area contributed by atoms with Crippen LogP contribution in [0.2, 0.25) is 0 Å². The summed E-state index contributed by atoms with van der Waals surface area (Å²) < 4.78 is 13.1. The van der Waals surface area contributed by atoms with E-state index >= 15 is 0 Å². The number of anilines is 1. The Morgan fingerprint density at radius 3 is 2.71 bits per heavy atom. The summed E-state index contributed by atoms with van der Waals surface area (Å²) in [5.41, 5.74) is 3.35. The molecule has 2 amide bonds. The summed E-state index contributed by atoms with van der Waals surface area (Å²) in [4.78, 5) is 14.2. The summed E-state index contributed by atoms with van der Waals surface area (Å²) in [7, 11) is 0. The minimum Gasteiger partial charge on any atom is -0.327 e. The van der Waals surface area contributed by atoms with Crippen molar-refractivity contribution in [3.05, 3.63) is 71.8 Å². The number of aromatic amines is 1. The fourth-order valence-corrected chi connectivity index (χ4v) is 2.95. The first-order chi connectivity index (χ1) is 11.6. The van der Waals surface area contributed by atoms with E-state index in [2.05, 4.69) is 15.5 Å². The Morgan fingerprint density at radius 1 is 1.17 bits per heavy atom. The number of hydrogen-bond acceptors (Lipinski definition) is 2. The first-order valence-corrected chi connectivity index (χ1v) is 7.59. The largest absolute Gasteiger partial charge is 0.327 e. The minimum atomic E-state index is -0.295. The highest BCUT2D eigenvalue weighted by Crippen LogP contribution is 2.29. The Labute approximate surface area is 137 Å². The highest BCUT2D eigenvalue weighted by molar-refractivity contribution is 5.98. The lowest BCUT2D eigenvalue weighted by molar-refractivity contribution is 0.244. The molecule has 1 aliphatic heterocycles. The quantitative estimate of drug-likeness (QED) is 0.752. The number of aromatic nitrogens is 2. The molecule has 3 aromatic rings. The van der Waals surface area contributed by atoms with Crippen LogP contribution in [0.1, 0.15) is 18.5 Å². The summed E-state index contributed by atoms with van der Waals surface area (Å²) in [5, 5.41) is 10.8. The number of nitrogens with zero attached hydrogens (tertiary/aromatic N) is 2. The SMILES string of the molecule is CC1=CC(c2ccc(F)cc2)NC(=O)N1c1ccc2[nH]ncc2c1. The van der Waals surface area contributed by atoms with E-state index in [1.165, 1.54) is 12.1 Å². The molecule has 0 bridgehead atoms. The topological polar surface area (TPSA) is 61.0 Å². The molecule has 1 aliphatic rings. The number of H-pyrrole nitrogens is 1. The molecular weight excluding hydrogens is 307 g/mol. The highest BCUT2D eigenvalue weighted by Gasteiger charge is 2.26. The van der Waals surface area contributed by atoms with E-state index in [0.29, 0.717) is 0 Å². The van der Waals surface area contributed by atoms with Crippen LogP contribution in [0.5, 0.6) is 0 Å². The van der Waals surface area contributed by atoms with Crippen LogP contribution in [0.15, 0.2) is 60.4 Å². The predicted octanol–water partition coefficient (Wildman–Crippen LogP) is 3.88. The molecule has 0 fully saturated rings. The lowest BCUT2D eigenvalue weighted by Crippen LogP contribution is -2.44. The lowest BCUT2D eigenvalue weighted by Gasteiger charge is -2.32. The molecule has 5 nitrogen and oxygen atoms in total. The number of hydrogen-bond donors (Lipinski definition) is 2. The molecular formula is C18H15FN4O. The Morgan fingerprint density at radius 2 is 1.96 bits per heavy atom. The molecule has 0 spiro atoms. The highest BCUT2D eigenvalue weighted by atomic mass is 19.1. The van der Waals surface area contributed by atoms with E-state index in [-0.39, 0.29) is 17.9 Å². The summed E-state index contributed by atoms with van der Waals surface area (Å²) in [6.07, 6.45) is 3.68. The minimum absolute atomic E-state index is 0.216. The molecule has 2 N–H and O–H groups in total. The van der Waals surface area contributed by atoms with Gasteiger partial charge >= 0.3 is 6.03 Å². The van der Waals surface area contributed by atoms with Crippen molar-refractivity contribution in [3.8, 4) is 0 Å². The van der Waals surface area contributed by atoms with Crippen molar-refractivity contribution in [2.24, 2.45) is 0 Å². The van der Waals surface area contributed by atoms with Gasteiger partial charge in [-0.2, -0.15) is 5.10 Å². The molecule has 0 saturated carbocycles. The van der Waals surface area contributed by atoms with Crippen molar-refractivity contribution >= 4 is 22.6 Å². The van der Waals surface area contributed by atoms with Gasteiger partial charge in [-0.15, -0.1) is 0 Å². The van der Waals surface area contributed by atoms with E-state index in [1.54, 1.807) is 23.2 Å². The second-order valence-electron chi connectivity index (χ2n) is 5.76. The number of benzene rings is 2. The van der Waals surface area contributed by atoms with Crippen LogP contribution in [-0.4, -0.2) is 16.2 Å². The number of carbonyl (C=O) groups excluding carboxylic acids is 1. The number of allylic oxidation sites excluding steroid dienone is 1. The van der Waals surface area contributed by atoms with Crippen molar-refractivity contribution in [1.82, 2.24) is 15.5 Å². The van der Waals surface area contributed by atoms with Crippen LogP contribution in [0.25, 0.3) is 10.9 Å². The van der Waals surface area contributed by atoms with Gasteiger partial charge in [-0.05, 0) is 48.9 Å². The number of halogens is 1. The summed E-state index contributed by atoms with van der Waals surface area (Å²) in [5.74, 6) is -0.295. The molecule has 4 rings (SSSR count). The molecule has 1 unspecified atom stereocenters. The molecule has 6 heteroatoms. The standard InChI is InChI=1S/C18H15FN4O/c1-11-8-17(12-2-4-14(19)5-3-12)21-18(24)23(11)15-6-7-16-13(9-15)10-20-22-16/h2-10,17H,1H3,(H,20,22)(H,21,24). The predicted molar refractivity (Wildman–Crippen MR) is 90.0 cm³/mol. The van der Waals surface area contributed by atoms with Gasteiger partial charge in [0.05, 0.1) is 23.4 Å². The van der Waals surface area contributed by atoms with Crippen molar-refractivity contribution in [2.45, 2.75) is 13.0 Å². The molecule has 1 aromatic heterocycles. The zero-order valence-corrected chi connectivity index (χ0v) is 13.0. The number of fused-ring (bicyclic) bond motifs is 1. The zero-order valence-electron chi connectivity index (χ0n) is 13.0. The maximum atomic E-state index is 13.1. The number of amides is 2. The number of nitrogens with one attached hydrogen (secondary N) is 2. The molecule has 120 valence electrons. The molecule has 0 radical (unpaired) electrons. The van der Waals surface area contributed by atoms with E-state index < -0.39 is 0 Å². The fourth-order valence-electron chi connectivity index (χ4n) is 2.95. The number of carbonyl (C=O) groups is 1. The third-order valence-corrected chi connectivity index (χ3v) is 4.15. The van der Waals surface area contributed by atoms with Gasteiger partial charge < -0.3 is 5.32 Å². The Kier molecular flexibility index (Phi) is 3.30. The van der Waals surface area contributed by atoms with Crippen molar-refractivity contribution in [1.29, 1.82) is 0 Å². The Balaban J connectivity index is 1.69. The number of urea groups is 1. The van der Waals surface area contributed by atoms with Crippen LogP contribution in [0.4, 0.5) is 14.9 Å². The Bertz CT molecular complexity index is 945. The van der Waals surface area contributed by atoms with Crippen molar-refractivity contribution in [3.63, 3.8) is 0 Å². The second-order valence-corrected chi connectivity index (χ2v) is 5.76. The first-order valence-electron chi connectivity index (χ1n) is 7.59. The van der Waals surface area contributed by atoms with Crippen LogP contribution in [0.3, 0.4) is 0 Å². The Hall–Kier alpha value is -3.15. The van der Waals surface area contributed by atoms with E-state index in [0.717, 1.165) is 27.9 Å². The smallest absolute Gasteiger partial charge is 0.326 e. The van der Waals surface area contributed by atoms with Gasteiger partial charge in [-0.25, -0.2) is 9.18 Å². The molecule has 2 aromatic carbocycles. The van der Waals surface area contributed by atoms with Crippen molar-refractivity contribution < 1.29 is 9.18 Å². The third-order valence-electron chi connectivity index (χ3n) is 4.15. The zero-order chi connectivity index (χ0) is 16.7. The van der Waals surface area contributed by atoms with Gasteiger partial charge in [0.25, 0.3) is 0 Å². The molecule has 0 aliphatic carbocycles. The molecule has 2 heterocycles. The van der Waals surface area contributed by atoms with Crippen LogP contribution >= 0.6 is 0 Å². The lowest BCUT2D eigenvalue weighted by atomic mass is 10.0. The monoisotopic (exact) mass is 322 g/mol. The van der Waals surface area contributed by atoms with Gasteiger partial charge in [0.2, 0.25) is 0 Å². The fraction of sp³-hybridized carbons (Fsp3) is 0.111. The molecule has 24 heavy (non-hydrogen) atoms. The number of rotatable bonds is 2. The maximum absolute atomic E-state index is 13.1. The van der Waals surface area contributed by atoms with Crippen LogP contribution in [-0.2, 0) is 0 Å². The third kappa shape index (κ3) is 2.42. The molecule has 0 saturated heterocycles. The molecule has 1 atom stereocenters. The van der Waals surface area contributed by atoms with Crippen LogP contribution < -0.4 is 10.2 Å². The van der Waals surface area contributed by atoms with Crippen LogP contribution in [0, 0.1) is 5.82 Å². The van der Waals surface area contributed by atoms with E-state index in [4.69, 9.17) is 0 Å². The first kappa shape index (κ1) is 14.4. The van der Waals surface area contributed by atoms with Gasteiger partial charge in [0.1, 0.15) is 5.82 Å².